The first-order valence-corrected chi connectivity index (χ1v) is 8.51. The van der Waals surface area contributed by atoms with Gasteiger partial charge in [0.15, 0.2) is 0 Å². The Labute approximate surface area is 134 Å². The van der Waals surface area contributed by atoms with Crippen LogP contribution in [0.15, 0.2) is 9.27 Å². The van der Waals surface area contributed by atoms with Crippen molar-refractivity contribution >= 4 is 15.9 Å². The number of aromatic amines is 1. The molecule has 1 aliphatic rings. The molecule has 1 saturated carbocycles. The topological polar surface area (TPSA) is 55.0 Å². The van der Waals surface area contributed by atoms with Gasteiger partial charge in [0.1, 0.15) is 15.9 Å². The van der Waals surface area contributed by atoms with Crippen molar-refractivity contribution in [2.45, 2.75) is 58.5 Å². The fourth-order valence-corrected chi connectivity index (χ4v) is 3.36. The third-order valence-electron chi connectivity index (χ3n) is 4.44. The molecule has 0 saturated heterocycles. The predicted octanol–water partition coefficient (Wildman–Crippen LogP) is 3.78. The van der Waals surface area contributed by atoms with E-state index in [2.05, 4.69) is 41.7 Å². The highest BCUT2D eigenvalue weighted by atomic mass is 79.9. The van der Waals surface area contributed by atoms with Gasteiger partial charge in [-0.15, -0.1) is 0 Å². The number of nitrogens with zero attached hydrogens (tertiary/aromatic N) is 1. The summed E-state index contributed by atoms with van der Waals surface area (Å²) in [6, 6.07) is 0. The molecule has 0 atom stereocenters. The highest BCUT2D eigenvalue weighted by molar-refractivity contribution is 9.10. The lowest BCUT2D eigenvalue weighted by Gasteiger charge is -2.37. The zero-order valence-corrected chi connectivity index (χ0v) is 14.9. The minimum Gasteiger partial charge on any atom is -0.370 e. The lowest BCUT2D eigenvalue weighted by atomic mass is 9.79. The third-order valence-corrected chi connectivity index (χ3v) is 5.26. The first kappa shape index (κ1) is 16.7. The Balaban J connectivity index is 2.42. The van der Waals surface area contributed by atoms with Crippen LogP contribution in [-0.4, -0.2) is 17.1 Å². The van der Waals surface area contributed by atoms with Crippen molar-refractivity contribution in [1.82, 2.24) is 9.97 Å². The van der Waals surface area contributed by atoms with Crippen molar-refractivity contribution in [3.63, 3.8) is 0 Å². The van der Waals surface area contributed by atoms with E-state index in [1.165, 1.54) is 0 Å². The van der Waals surface area contributed by atoms with E-state index in [0.29, 0.717) is 22.1 Å². The highest BCUT2D eigenvalue weighted by Crippen LogP contribution is 2.40. The molecule has 1 heterocycles. The normalized spacial score (nSPS) is 26.3. The second-order valence-electron chi connectivity index (χ2n) is 6.65. The summed E-state index contributed by atoms with van der Waals surface area (Å²) in [7, 11) is 1.72. The summed E-state index contributed by atoms with van der Waals surface area (Å²) >= 11 is 3.37. The Morgan fingerprint density at radius 1 is 1.43 bits per heavy atom. The van der Waals surface area contributed by atoms with E-state index in [4.69, 9.17) is 9.72 Å². The number of methoxy groups -OCH3 is 1. The summed E-state index contributed by atoms with van der Waals surface area (Å²) in [5.41, 5.74) is 0.294. The van der Waals surface area contributed by atoms with Gasteiger partial charge in [-0.3, -0.25) is 4.79 Å². The van der Waals surface area contributed by atoms with E-state index in [1.807, 2.05) is 0 Å². The van der Waals surface area contributed by atoms with E-state index in [1.54, 1.807) is 7.11 Å². The molecule has 0 unspecified atom stereocenters. The molecule has 0 radical (unpaired) electrons. The third kappa shape index (κ3) is 3.57. The van der Waals surface area contributed by atoms with Gasteiger partial charge in [-0.25, -0.2) is 4.98 Å². The molecule has 0 aliphatic heterocycles. The van der Waals surface area contributed by atoms with Crippen LogP contribution in [0.1, 0.15) is 58.0 Å². The van der Waals surface area contributed by atoms with Gasteiger partial charge < -0.3 is 9.72 Å². The van der Waals surface area contributed by atoms with Crippen molar-refractivity contribution < 1.29 is 4.74 Å². The molecule has 1 fully saturated rings. The maximum Gasteiger partial charge on any atom is 0.265 e. The van der Waals surface area contributed by atoms with Crippen molar-refractivity contribution in [3.8, 4) is 0 Å². The number of hydrogen-bond acceptors (Lipinski definition) is 3. The number of aromatic nitrogens is 2. The first-order valence-electron chi connectivity index (χ1n) is 7.72. The number of nitrogens with one attached hydrogen (secondary N) is 1. The molecule has 1 aromatic rings. The van der Waals surface area contributed by atoms with Crippen LogP contribution in [0, 0.1) is 11.8 Å². The molecule has 4 nitrogen and oxygen atoms in total. The second kappa shape index (κ2) is 6.61. The van der Waals surface area contributed by atoms with Gasteiger partial charge in [-0.2, -0.15) is 0 Å². The Morgan fingerprint density at radius 2 is 2.05 bits per heavy atom. The largest absolute Gasteiger partial charge is 0.370 e. The van der Waals surface area contributed by atoms with Crippen molar-refractivity contribution in [3.05, 3.63) is 26.3 Å². The van der Waals surface area contributed by atoms with E-state index < -0.39 is 5.60 Å². The minimum atomic E-state index is -0.432. The van der Waals surface area contributed by atoms with Gasteiger partial charge in [0, 0.05) is 7.11 Å². The minimum absolute atomic E-state index is 0.106. The average Bonchev–Trinajstić information content (AvgIpc) is 2.44. The van der Waals surface area contributed by atoms with Crippen molar-refractivity contribution in [2.75, 3.05) is 7.11 Å². The van der Waals surface area contributed by atoms with E-state index in [0.717, 1.165) is 37.8 Å². The highest BCUT2D eigenvalue weighted by Gasteiger charge is 2.38. The molecule has 0 amide bonds. The van der Waals surface area contributed by atoms with Gasteiger partial charge in [-0.05, 0) is 59.9 Å². The van der Waals surface area contributed by atoms with Crippen molar-refractivity contribution in [2.24, 2.45) is 11.8 Å². The summed E-state index contributed by atoms with van der Waals surface area (Å²) in [5, 5.41) is 0. The monoisotopic (exact) mass is 356 g/mol. The van der Waals surface area contributed by atoms with Crippen LogP contribution >= 0.6 is 15.9 Å². The van der Waals surface area contributed by atoms with E-state index in [-0.39, 0.29) is 5.56 Å². The predicted molar refractivity (Wildman–Crippen MR) is 87.4 cm³/mol. The zero-order valence-electron chi connectivity index (χ0n) is 13.3. The summed E-state index contributed by atoms with van der Waals surface area (Å²) < 4.78 is 6.37. The molecule has 0 aromatic carbocycles. The maximum absolute atomic E-state index is 12.2. The fraction of sp³-hybridized carbons (Fsp3) is 0.750. The molecule has 1 aliphatic carbocycles. The van der Waals surface area contributed by atoms with Gasteiger partial charge in [0.25, 0.3) is 5.56 Å². The SMILES string of the molecule is COC1(c2nc(CC(C)C)c(Br)c(=O)[nH]2)CCC(C)CC1. The molecule has 1 aromatic heterocycles. The van der Waals surface area contributed by atoms with Crippen LogP contribution in [0.2, 0.25) is 0 Å². The van der Waals surface area contributed by atoms with Crippen LogP contribution in [0.3, 0.4) is 0 Å². The molecular weight excluding hydrogens is 332 g/mol. The lowest BCUT2D eigenvalue weighted by Crippen LogP contribution is -2.37. The number of hydrogen-bond donors (Lipinski definition) is 1. The summed E-state index contributed by atoms with van der Waals surface area (Å²) in [6.45, 7) is 6.52. The number of ether oxygens (including phenoxy) is 1. The van der Waals surface area contributed by atoms with Gasteiger partial charge in [-0.1, -0.05) is 20.8 Å². The smallest absolute Gasteiger partial charge is 0.265 e. The first-order chi connectivity index (χ1) is 9.88. The van der Waals surface area contributed by atoms with Gasteiger partial charge in [0.05, 0.1) is 5.69 Å². The summed E-state index contributed by atoms with van der Waals surface area (Å²) in [6.07, 6.45) is 4.82. The molecule has 2 rings (SSSR count). The summed E-state index contributed by atoms with van der Waals surface area (Å²) in [5.74, 6) is 1.86. The number of H-pyrrole nitrogens is 1. The molecule has 1 N–H and O–H groups in total. The van der Waals surface area contributed by atoms with E-state index in [9.17, 15) is 4.79 Å². The van der Waals surface area contributed by atoms with Gasteiger partial charge >= 0.3 is 0 Å². The van der Waals surface area contributed by atoms with Crippen molar-refractivity contribution in [1.29, 1.82) is 0 Å². The molecular formula is C16H25BrN2O2. The molecule has 5 heteroatoms. The fourth-order valence-electron chi connectivity index (χ4n) is 3.01. The van der Waals surface area contributed by atoms with Crippen LogP contribution in [0.25, 0.3) is 0 Å². The maximum atomic E-state index is 12.2. The van der Waals surface area contributed by atoms with Crippen LogP contribution in [0.5, 0.6) is 0 Å². The Hall–Kier alpha value is -0.680. The summed E-state index contributed by atoms with van der Waals surface area (Å²) in [4.78, 5) is 19.9. The molecule has 118 valence electrons. The Kier molecular flexibility index (Phi) is 5.25. The quantitative estimate of drug-likeness (QED) is 0.892. The second-order valence-corrected chi connectivity index (χ2v) is 7.45. The zero-order chi connectivity index (χ0) is 15.6. The number of halogens is 1. The van der Waals surface area contributed by atoms with Crippen LogP contribution in [-0.2, 0) is 16.8 Å². The lowest BCUT2D eigenvalue weighted by molar-refractivity contribution is -0.0601. The molecule has 0 spiro atoms. The standard InChI is InChI=1S/C16H25BrN2O2/c1-10(2)9-12-13(17)14(20)19-15(18-12)16(21-4)7-5-11(3)6-8-16/h10-11H,5-9H2,1-4H3,(H,18,19,20). The average molecular weight is 357 g/mol. The number of rotatable bonds is 4. The molecule has 0 bridgehead atoms. The van der Waals surface area contributed by atoms with Crippen LogP contribution < -0.4 is 5.56 Å². The van der Waals surface area contributed by atoms with E-state index >= 15 is 0 Å². The van der Waals surface area contributed by atoms with Gasteiger partial charge in [0.2, 0.25) is 0 Å². The molecule has 21 heavy (non-hydrogen) atoms. The Bertz CT molecular complexity index is 546. The van der Waals surface area contributed by atoms with Crippen LogP contribution in [0.4, 0.5) is 0 Å². The Morgan fingerprint density at radius 3 is 2.57 bits per heavy atom.